The number of hydrogen-bond donors (Lipinski definition) is 3. The minimum absolute atomic E-state index is 0.400. The van der Waals surface area contributed by atoms with Crippen LogP contribution >= 0.6 is 12.6 Å². The van der Waals surface area contributed by atoms with Gasteiger partial charge in [0, 0.05) is 56.1 Å². The zero-order chi connectivity index (χ0) is 23.9. The van der Waals surface area contributed by atoms with Gasteiger partial charge in [0.25, 0.3) is 0 Å². The molecular formula is C24H29BN6O2S. The molecule has 2 aromatic carbocycles. The first-order valence-electron chi connectivity index (χ1n) is 11.2. The number of thiol groups is 1. The van der Waals surface area contributed by atoms with Gasteiger partial charge in [-0.15, -0.1) is 12.6 Å². The van der Waals surface area contributed by atoms with Crippen LogP contribution in [0.3, 0.4) is 0 Å². The smallest absolute Gasteiger partial charge is 0.229 e. The van der Waals surface area contributed by atoms with Gasteiger partial charge in [0.2, 0.25) is 5.95 Å². The molecule has 3 aromatic rings. The number of hydrogen-bond acceptors (Lipinski definition) is 9. The number of nitrogens with one attached hydrogen (secondary N) is 2. The highest BCUT2D eigenvalue weighted by atomic mass is 32.1. The average Bonchev–Trinajstić information content (AvgIpc) is 2.84. The molecule has 2 heterocycles. The van der Waals surface area contributed by atoms with Crippen LogP contribution in [-0.2, 0) is 4.74 Å². The predicted molar refractivity (Wildman–Crippen MR) is 141 cm³/mol. The monoisotopic (exact) mass is 476 g/mol. The second kappa shape index (κ2) is 11.5. The Morgan fingerprint density at radius 3 is 2.59 bits per heavy atom. The highest BCUT2D eigenvalue weighted by molar-refractivity contribution is 7.80. The molecule has 1 aliphatic heterocycles. The molecule has 1 saturated heterocycles. The molecule has 10 heteroatoms. The zero-order valence-electron chi connectivity index (χ0n) is 19.5. The van der Waals surface area contributed by atoms with Gasteiger partial charge in [0.1, 0.15) is 26.0 Å². The van der Waals surface area contributed by atoms with Crippen LogP contribution in [0.5, 0.6) is 5.75 Å². The third kappa shape index (κ3) is 6.13. The van der Waals surface area contributed by atoms with Crippen molar-refractivity contribution in [2.45, 2.75) is 4.90 Å². The standard InChI is InChI=1S/C24H29BN6O2S/c1-30-9-11-31(12-10-30)17-7-8-19(21(15-17)33-14-13-32-2)28-24-26-16-18(25)23(29-24)27-20-5-3-4-6-22(20)34/h3-8,15-16,34H,9-14H2,1-2H3,(H2,26,27,28,29). The van der Waals surface area contributed by atoms with E-state index in [1.807, 2.05) is 30.3 Å². The van der Waals surface area contributed by atoms with Crippen molar-refractivity contribution in [2.75, 3.05) is 69.1 Å². The lowest BCUT2D eigenvalue weighted by molar-refractivity contribution is 0.146. The lowest BCUT2D eigenvalue weighted by Gasteiger charge is -2.34. The van der Waals surface area contributed by atoms with Crippen LogP contribution in [0.2, 0.25) is 0 Å². The van der Waals surface area contributed by atoms with Gasteiger partial charge in [-0.1, -0.05) is 12.1 Å². The van der Waals surface area contributed by atoms with Crippen molar-refractivity contribution in [1.29, 1.82) is 0 Å². The fourth-order valence-corrected chi connectivity index (χ4v) is 3.83. The largest absolute Gasteiger partial charge is 0.489 e. The minimum Gasteiger partial charge on any atom is -0.489 e. The second-order valence-corrected chi connectivity index (χ2v) is 8.56. The van der Waals surface area contributed by atoms with E-state index < -0.39 is 0 Å². The van der Waals surface area contributed by atoms with E-state index in [1.54, 1.807) is 13.3 Å². The number of rotatable bonds is 9. The lowest BCUT2D eigenvalue weighted by atomic mass is 9.99. The fraction of sp³-hybridized carbons (Fsp3) is 0.333. The van der Waals surface area contributed by atoms with Gasteiger partial charge in [-0.05, 0) is 36.8 Å². The summed E-state index contributed by atoms with van der Waals surface area (Å²) in [5.74, 6) is 1.61. The van der Waals surface area contributed by atoms with Crippen LogP contribution in [0.4, 0.5) is 28.8 Å². The number of ether oxygens (including phenoxy) is 2. The molecule has 1 aliphatic rings. The minimum atomic E-state index is 0.400. The summed E-state index contributed by atoms with van der Waals surface area (Å²) in [6, 6.07) is 13.8. The number of nitrogens with zero attached hydrogens (tertiary/aromatic N) is 4. The highest BCUT2D eigenvalue weighted by Gasteiger charge is 2.17. The van der Waals surface area contributed by atoms with Crippen molar-refractivity contribution in [2.24, 2.45) is 0 Å². The van der Waals surface area contributed by atoms with Crippen molar-refractivity contribution in [3.05, 3.63) is 48.7 Å². The van der Waals surface area contributed by atoms with E-state index in [0.29, 0.717) is 36.2 Å². The van der Waals surface area contributed by atoms with E-state index in [9.17, 15) is 0 Å². The van der Waals surface area contributed by atoms with E-state index in [1.165, 1.54) is 0 Å². The van der Waals surface area contributed by atoms with Crippen molar-refractivity contribution < 1.29 is 9.47 Å². The molecule has 176 valence electrons. The first-order valence-corrected chi connectivity index (χ1v) is 11.6. The molecule has 8 nitrogen and oxygen atoms in total. The number of aromatic nitrogens is 2. The Morgan fingerprint density at radius 2 is 1.82 bits per heavy atom. The predicted octanol–water partition coefficient (Wildman–Crippen LogP) is 2.82. The van der Waals surface area contributed by atoms with Crippen LogP contribution in [-0.4, -0.2) is 76.3 Å². The molecule has 1 aromatic heterocycles. The molecule has 0 aliphatic carbocycles. The molecule has 1 fully saturated rings. The maximum Gasteiger partial charge on any atom is 0.229 e. The van der Waals surface area contributed by atoms with Gasteiger partial charge in [0.05, 0.1) is 18.0 Å². The number of anilines is 5. The number of likely N-dealkylation sites (N-methyl/N-ethyl adjacent to an activating group) is 1. The van der Waals surface area contributed by atoms with Crippen LogP contribution in [0.1, 0.15) is 0 Å². The molecule has 4 rings (SSSR count). The summed E-state index contributed by atoms with van der Waals surface area (Å²) in [7, 11) is 9.92. The molecule has 34 heavy (non-hydrogen) atoms. The number of piperazine rings is 1. The summed E-state index contributed by atoms with van der Waals surface area (Å²) >= 11 is 4.48. The van der Waals surface area contributed by atoms with Crippen LogP contribution < -0.4 is 25.7 Å². The maximum atomic E-state index is 6.12. The molecule has 0 bridgehead atoms. The summed E-state index contributed by atoms with van der Waals surface area (Å²) in [4.78, 5) is 14.4. The first-order chi connectivity index (χ1) is 16.5. The fourth-order valence-electron chi connectivity index (χ4n) is 3.61. The van der Waals surface area contributed by atoms with Gasteiger partial charge in [-0.25, -0.2) is 4.98 Å². The van der Waals surface area contributed by atoms with E-state index in [4.69, 9.17) is 17.3 Å². The Bertz CT molecular complexity index is 1110. The molecule has 0 spiro atoms. The molecule has 2 N–H and O–H groups in total. The Balaban J connectivity index is 1.56. The van der Waals surface area contributed by atoms with Crippen molar-refractivity contribution in [3.8, 4) is 5.75 Å². The molecule has 0 amide bonds. The first kappa shape index (κ1) is 24.2. The Morgan fingerprint density at radius 1 is 1.03 bits per heavy atom. The van der Waals surface area contributed by atoms with Crippen molar-refractivity contribution in [3.63, 3.8) is 0 Å². The number of benzene rings is 2. The molecule has 0 unspecified atom stereocenters. The van der Waals surface area contributed by atoms with E-state index in [2.05, 4.69) is 62.2 Å². The molecule has 0 atom stereocenters. The van der Waals surface area contributed by atoms with Gasteiger partial charge in [-0.2, -0.15) is 4.98 Å². The summed E-state index contributed by atoms with van der Waals surface area (Å²) in [6.45, 7) is 4.95. The van der Waals surface area contributed by atoms with Crippen molar-refractivity contribution in [1.82, 2.24) is 14.9 Å². The van der Waals surface area contributed by atoms with Crippen LogP contribution in [0.15, 0.2) is 53.6 Å². The third-order valence-corrected chi connectivity index (χ3v) is 5.99. The Labute approximate surface area is 207 Å². The lowest BCUT2D eigenvalue weighted by Crippen LogP contribution is -2.44. The van der Waals surface area contributed by atoms with E-state index in [-0.39, 0.29) is 0 Å². The number of para-hydroxylation sites is 1. The quantitative estimate of drug-likeness (QED) is 0.248. The normalized spacial score (nSPS) is 14.1. The maximum absolute atomic E-state index is 6.12. The second-order valence-electron chi connectivity index (χ2n) is 8.08. The molecular weight excluding hydrogens is 447 g/mol. The van der Waals surface area contributed by atoms with Gasteiger partial charge in [-0.3, -0.25) is 0 Å². The van der Waals surface area contributed by atoms with E-state index in [0.717, 1.165) is 48.1 Å². The van der Waals surface area contributed by atoms with Crippen LogP contribution in [0, 0.1) is 0 Å². The summed E-state index contributed by atoms with van der Waals surface area (Å²) in [5.41, 5.74) is 3.13. The molecule has 0 saturated carbocycles. The number of methoxy groups -OCH3 is 1. The highest BCUT2D eigenvalue weighted by Crippen LogP contribution is 2.32. The van der Waals surface area contributed by atoms with Crippen LogP contribution in [0.25, 0.3) is 0 Å². The third-order valence-electron chi connectivity index (χ3n) is 5.60. The van der Waals surface area contributed by atoms with Gasteiger partial charge in [0.15, 0.2) is 0 Å². The summed E-state index contributed by atoms with van der Waals surface area (Å²) in [6.07, 6.45) is 1.57. The Kier molecular flexibility index (Phi) is 8.15. The van der Waals surface area contributed by atoms with Gasteiger partial charge >= 0.3 is 0 Å². The van der Waals surface area contributed by atoms with Crippen molar-refractivity contribution >= 4 is 54.8 Å². The summed E-state index contributed by atoms with van der Waals surface area (Å²) in [5, 5.41) is 6.50. The van der Waals surface area contributed by atoms with Gasteiger partial charge < -0.3 is 29.9 Å². The topological polar surface area (TPSA) is 74.8 Å². The summed E-state index contributed by atoms with van der Waals surface area (Å²) < 4.78 is 11.2. The Hall–Kier alpha value is -2.95. The zero-order valence-corrected chi connectivity index (χ0v) is 20.4. The average molecular weight is 476 g/mol. The molecule has 2 radical (unpaired) electrons. The SMILES string of the molecule is [B]c1cnc(Nc2ccc(N3CCN(C)CC3)cc2OCCOC)nc1Nc1ccccc1S. The van der Waals surface area contributed by atoms with E-state index >= 15 is 0 Å².